The number of anilines is 4. The standard InChI is InChI=1S/C30H31FN4O2.C29H31FN6O.2C29H30FN5O2/c1-19-6-10-23(11-7-19)29(37-18-21-8-9-21)24-12-13-26(31)27(16-24)33-30(36)28-14-20(2)34-35(28)25-5-3-4-22(15-25)17-32;1-19-15-26(36(35-19)23-6-4-5-21(16-23)18-31)28(37)34-25-17-22(10-11-24(25)30)29(32,13-12-20-8-9-20)27-7-2-3-14-33-27;1-19-14-27(35(34-19)24-6-2-4-21(15-24)17-31)28(36)33-26-16-22(9-10-25(26)30)29(37,12-11-20-7-8-20)23-5-3-13-32-18-23;1-19-15-26(35(34-19)23-6-4-5-21(16-23)18-31)28(36)33-25-17-22(10-11-24(25)30)29(37,13-12-20-8-9-20)27-7-2-3-14-32-27/h3-7,10-16,21,29H,8-9,17-18,32H2,1-2H3,(H,33,36);2-7,10-11,14-17,20H,8-9,12-13,18,31-32H2,1H3,(H,34,37);2-6,9-10,13-16,18,20,37H,7-8,11-12,17,31H2,1H3,(H,33,36);2-7,10-11,14-17,20,37H,8-9,12-13,18,31H2,1H3,(H,33,36). The van der Waals surface area contributed by atoms with Crippen LogP contribution in [0.4, 0.5) is 40.3 Å². The van der Waals surface area contributed by atoms with E-state index in [4.69, 9.17) is 33.4 Å². The molecule has 27 nitrogen and oxygen atoms in total. The van der Waals surface area contributed by atoms with Gasteiger partial charge in [-0.2, -0.15) is 20.4 Å². The summed E-state index contributed by atoms with van der Waals surface area (Å²) in [5, 5.41) is 52.4. The number of nitrogens with two attached hydrogens (primary N) is 5. The van der Waals surface area contributed by atoms with Crippen LogP contribution >= 0.6 is 0 Å². The highest BCUT2D eigenvalue weighted by Gasteiger charge is 2.40. The lowest BCUT2D eigenvalue weighted by molar-refractivity contribution is 0.0624. The highest BCUT2D eigenvalue weighted by molar-refractivity contribution is 6.06. The second-order valence-electron chi connectivity index (χ2n) is 38.8. The number of pyridine rings is 3. The number of rotatable bonds is 36. The monoisotopic (exact) mass is 1990 g/mol. The van der Waals surface area contributed by atoms with Crippen LogP contribution in [0.25, 0.3) is 22.7 Å². The fourth-order valence-corrected chi connectivity index (χ4v) is 18.2. The van der Waals surface area contributed by atoms with Crippen LogP contribution in [0, 0.1) is 81.6 Å². The van der Waals surface area contributed by atoms with Gasteiger partial charge >= 0.3 is 0 Å². The molecule has 4 unspecified atom stereocenters. The fraction of sp³-hybridized carbons (Fsp3) is 0.274. The van der Waals surface area contributed by atoms with Crippen molar-refractivity contribution < 1.29 is 51.7 Å². The lowest BCUT2D eigenvalue weighted by atomic mass is 9.82. The van der Waals surface area contributed by atoms with Crippen LogP contribution in [0.15, 0.2) is 292 Å². The number of nitrogens with one attached hydrogen (secondary N) is 4. The first-order chi connectivity index (χ1) is 71.5. The summed E-state index contributed by atoms with van der Waals surface area (Å²) in [6.45, 7) is 11.3. The Hall–Kier alpha value is -15.5. The molecule has 0 aliphatic heterocycles. The number of halogens is 4. The molecule has 20 rings (SSSR count). The molecule has 0 spiro atoms. The lowest BCUT2D eigenvalue weighted by Gasteiger charge is -2.30. The number of ether oxygens (including phenoxy) is 1. The molecular formula is C117H122F4N20O7. The van der Waals surface area contributed by atoms with E-state index in [0.29, 0.717) is 161 Å². The van der Waals surface area contributed by atoms with Crippen molar-refractivity contribution >= 4 is 46.4 Å². The van der Waals surface area contributed by atoms with E-state index in [-0.39, 0.29) is 45.9 Å². The van der Waals surface area contributed by atoms with Crippen molar-refractivity contribution in [3.8, 4) is 22.7 Å². The number of hydrogen-bond acceptors (Lipinski definition) is 19. The zero-order chi connectivity index (χ0) is 104. The van der Waals surface area contributed by atoms with Crippen LogP contribution < -0.4 is 49.9 Å². The van der Waals surface area contributed by atoms with Crippen LogP contribution in [0.5, 0.6) is 0 Å². The predicted octanol–water partition coefficient (Wildman–Crippen LogP) is 20.4. The summed E-state index contributed by atoms with van der Waals surface area (Å²) in [6, 6.07) is 77.3. The second kappa shape index (κ2) is 46.5. The van der Waals surface area contributed by atoms with E-state index in [2.05, 4.69) is 56.6 Å². The average molecular weight is 2000 g/mol. The van der Waals surface area contributed by atoms with Gasteiger partial charge in [0.15, 0.2) is 0 Å². The Morgan fingerprint density at radius 1 is 0.365 bits per heavy atom. The summed E-state index contributed by atoms with van der Waals surface area (Å²) in [7, 11) is 0. The zero-order valence-electron chi connectivity index (χ0n) is 83.3. The summed E-state index contributed by atoms with van der Waals surface area (Å²) in [6.07, 6.45) is 19.9. The lowest BCUT2D eigenvalue weighted by Crippen LogP contribution is -2.39. The van der Waals surface area contributed by atoms with E-state index < -0.39 is 63.6 Å². The Labute approximate surface area is 856 Å². The number of carbonyl (C=O) groups is 4. The molecule has 31 heteroatoms. The second-order valence-corrected chi connectivity index (χ2v) is 38.8. The molecule has 4 aliphatic carbocycles. The van der Waals surface area contributed by atoms with E-state index in [0.717, 1.165) is 83.9 Å². The first-order valence-corrected chi connectivity index (χ1v) is 50.1. The molecule has 760 valence electrons. The number of aromatic nitrogens is 11. The van der Waals surface area contributed by atoms with Gasteiger partial charge in [0.25, 0.3) is 23.6 Å². The zero-order valence-corrected chi connectivity index (χ0v) is 83.3. The van der Waals surface area contributed by atoms with E-state index in [9.17, 15) is 47.0 Å². The maximum Gasteiger partial charge on any atom is 0.274 e. The van der Waals surface area contributed by atoms with Gasteiger partial charge in [-0.3, -0.25) is 34.1 Å². The van der Waals surface area contributed by atoms with E-state index in [1.165, 1.54) is 71.4 Å². The predicted molar refractivity (Wildman–Crippen MR) is 563 cm³/mol. The molecule has 9 aromatic carbocycles. The number of amides is 4. The third-order valence-electron chi connectivity index (χ3n) is 27.3. The van der Waals surface area contributed by atoms with E-state index in [1.54, 1.807) is 134 Å². The molecule has 16 aromatic rings. The van der Waals surface area contributed by atoms with Crippen LogP contribution in [-0.2, 0) is 47.7 Å². The van der Waals surface area contributed by atoms with Crippen LogP contribution in [0.3, 0.4) is 0 Å². The smallest absolute Gasteiger partial charge is 0.274 e. The van der Waals surface area contributed by atoms with Crippen molar-refractivity contribution in [1.82, 2.24) is 54.1 Å². The average Bonchev–Trinajstić information content (AvgIpc) is 0.907. The van der Waals surface area contributed by atoms with Gasteiger partial charge in [0.2, 0.25) is 0 Å². The fourth-order valence-electron chi connectivity index (χ4n) is 18.2. The molecule has 7 aromatic heterocycles. The number of benzene rings is 9. The summed E-state index contributed by atoms with van der Waals surface area (Å²) in [4.78, 5) is 66.5. The van der Waals surface area contributed by atoms with Crippen molar-refractivity contribution in [2.24, 2.45) is 52.3 Å². The molecule has 16 N–H and O–H groups in total. The van der Waals surface area contributed by atoms with Crippen molar-refractivity contribution in [3.63, 3.8) is 0 Å². The topological polar surface area (TPSA) is 406 Å². The molecule has 0 bridgehead atoms. The van der Waals surface area contributed by atoms with Crippen molar-refractivity contribution in [2.45, 2.75) is 174 Å². The molecule has 0 radical (unpaired) electrons. The Balaban J connectivity index is 0.000000135. The van der Waals surface area contributed by atoms with Gasteiger partial charge in [0.05, 0.1) is 91.8 Å². The Bertz CT molecular complexity index is 6880. The first kappa shape index (κ1) is 104. The number of nitrogens with zero attached hydrogens (tertiary/aromatic N) is 11. The summed E-state index contributed by atoms with van der Waals surface area (Å²) in [5.41, 5.74) is 43.1. The molecule has 4 fully saturated rings. The first-order valence-electron chi connectivity index (χ1n) is 50.1. The van der Waals surface area contributed by atoms with E-state index >= 15 is 0 Å². The van der Waals surface area contributed by atoms with Gasteiger partial charge in [0, 0.05) is 56.5 Å². The minimum absolute atomic E-state index is 0.0163. The molecular weight excluding hydrogens is 1870 g/mol. The van der Waals surface area contributed by atoms with Crippen LogP contribution in [0.2, 0.25) is 0 Å². The quantitative estimate of drug-likeness (QED) is 0.0162. The molecule has 148 heavy (non-hydrogen) atoms. The summed E-state index contributed by atoms with van der Waals surface area (Å²) >= 11 is 0. The largest absolute Gasteiger partial charge is 0.380 e. The highest BCUT2D eigenvalue weighted by atomic mass is 19.1. The van der Waals surface area contributed by atoms with Crippen molar-refractivity contribution in [2.75, 3.05) is 27.9 Å². The van der Waals surface area contributed by atoms with Gasteiger partial charge in [-0.1, -0.05) is 159 Å². The van der Waals surface area contributed by atoms with Gasteiger partial charge in [-0.25, -0.2) is 36.3 Å². The highest BCUT2D eigenvalue weighted by Crippen LogP contribution is 2.46. The minimum atomic E-state index is -1.40. The molecule has 4 atom stereocenters. The molecule has 4 amide bonds. The summed E-state index contributed by atoms with van der Waals surface area (Å²) in [5.74, 6) is -1.79. The van der Waals surface area contributed by atoms with Crippen LogP contribution in [-0.4, -0.2) is 94.5 Å². The van der Waals surface area contributed by atoms with Crippen molar-refractivity contribution in [1.29, 1.82) is 0 Å². The Morgan fingerprint density at radius 3 is 1.09 bits per heavy atom. The molecule has 0 saturated heterocycles. The molecule has 4 aliphatic rings. The van der Waals surface area contributed by atoms with Gasteiger partial charge in [0.1, 0.15) is 63.4 Å². The normalized spacial score (nSPS) is 14.6. The van der Waals surface area contributed by atoms with E-state index in [1.807, 2.05) is 166 Å². The Kier molecular flexibility index (Phi) is 32.7. The van der Waals surface area contributed by atoms with Gasteiger partial charge in [-0.15, -0.1) is 0 Å². The van der Waals surface area contributed by atoms with Crippen molar-refractivity contribution in [3.05, 3.63) is 433 Å². The molecule has 7 heterocycles. The third-order valence-corrected chi connectivity index (χ3v) is 27.3. The third kappa shape index (κ3) is 25.4. The van der Waals surface area contributed by atoms with Gasteiger partial charge in [-0.05, 0) is 311 Å². The number of hydrogen-bond donors (Lipinski definition) is 11. The maximum absolute atomic E-state index is 15.0. The van der Waals surface area contributed by atoms with Crippen LogP contribution in [0.1, 0.15) is 233 Å². The molecule has 4 saturated carbocycles. The Morgan fingerprint density at radius 2 is 0.716 bits per heavy atom. The minimum Gasteiger partial charge on any atom is -0.380 e. The number of aryl methyl sites for hydroxylation is 5. The number of carbonyl (C=O) groups excluding carboxylic acids is 4. The maximum atomic E-state index is 15.0. The number of aliphatic hydroxyl groups is 2. The SMILES string of the molecule is Cc1cc(C(=O)Nc2cc(C(N)(CCC3CC3)c3ccccn3)ccc2F)n(-c2cccc(CN)c2)n1.Cc1cc(C(=O)Nc2cc(C(O)(CCC3CC3)c3ccccn3)ccc2F)n(-c2cccc(CN)c2)n1.Cc1cc(C(=O)Nc2cc(C(O)(CCC3CC3)c3cccnc3)ccc2F)n(-c2cccc(CN)c2)n1.Cc1ccc(C(OCC2CC2)c2ccc(F)c(NC(=O)c3cc(C)nn3-c3cccc(CN)c3)c2)cc1. The van der Waals surface area contributed by atoms with Gasteiger partial charge < -0.3 is 64.9 Å². The summed E-state index contributed by atoms with van der Waals surface area (Å²) < 4.78 is 72.2.